The predicted octanol–water partition coefficient (Wildman–Crippen LogP) is 5.77. The number of methoxy groups -OCH3 is 2. The summed E-state index contributed by atoms with van der Waals surface area (Å²) in [6.07, 6.45) is 1.51. The number of thiazole rings is 1. The summed E-state index contributed by atoms with van der Waals surface area (Å²) in [5, 5.41) is 14.0. The average Bonchev–Trinajstić information content (AvgIpc) is 3.34. The van der Waals surface area contributed by atoms with E-state index in [9.17, 15) is 14.7 Å². The number of carboxylic acids is 1. The molecular weight excluding hydrogens is 557 g/mol. The predicted molar refractivity (Wildman–Crippen MR) is 163 cm³/mol. The van der Waals surface area contributed by atoms with Crippen LogP contribution in [0.5, 0.6) is 11.5 Å². The second-order valence-electron chi connectivity index (χ2n) is 11.6. The second kappa shape index (κ2) is 13.6. The SMILES string of the molecule is COc1cc(C(=O)N(CCCc2ccccc2)Cc2nc(C(=O)[O-])c[s+]2CO[Si](C)(C)C(C)(C)C)cc(OC)c1C. The maximum absolute atomic E-state index is 14.0. The lowest BCUT2D eigenvalue weighted by Crippen LogP contribution is -2.40. The standard InChI is InChI=1S/C31H42N2O6SSi/c1-22-26(37-5)17-24(18-27(22)38-6)29(34)33(16-12-15-23-13-10-9-11-14-23)19-28-32-25(30(35)36)20-40(28)21-39-41(7,8)31(2,3)4/h9-11,13-14,17-18,20H,12,15-16,19,21H2,1-8H3. The molecule has 1 aromatic heterocycles. The Morgan fingerprint density at radius 1 is 1.05 bits per heavy atom. The topological polar surface area (TPSA) is 101 Å². The van der Waals surface area contributed by atoms with E-state index in [1.165, 1.54) is 5.56 Å². The van der Waals surface area contributed by atoms with Crippen LogP contribution in [0.15, 0.2) is 47.8 Å². The summed E-state index contributed by atoms with van der Waals surface area (Å²) in [5.74, 6) is -0.116. The molecule has 0 saturated heterocycles. The molecule has 3 aromatic rings. The minimum Gasteiger partial charge on any atom is -0.543 e. The van der Waals surface area contributed by atoms with Crippen molar-refractivity contribution in [3.05, 3.63) is 75.2 Å². The highest BCUT2D eigenvalue weighted by Crippen LogP contribution is 2.39. The van der Waals surface area contributed by atoms with E-state index in [1.807, 2.05) is 25.1 Å². The number of rotatable bonds is 13. The van der Waals surface area contributed by atoms with E-state index in [0.717, 1.165) is 18.4 Å². The number of ether oxygens (including phenoxy) is 2. The molecule has 1 unspecified atom stereocenters. The van der Waals surface area contributed by atoms with Crippen LogP contribution in [0.4, 0.5) is 0 Å². The largest absolute Gasteiger partial charge is 0.543 e. The van der Waals surface area contributed by atoms with Crippen molar-refractivity contribution in [2.24, 2.45) is 0 Å². The molecule has 1 amide bonds. The van der Waals surface area contributed by atoms with Gasteiger partial charge in [-0.3, -0.25) is 4.79 Å². The number of benzene rings is 2. The lowest BCUT2D eigenvalue weighted by Gasteiger charge is -2.34. The number of aryl methyl sites for hydroxylation is 1. The molecule has 8 nitrogen and oxygen atoms in total. The van der Waals surface area contributed by atoms with Gasteiger partial charge in [-0.25, -0.2) is 0 Å². The number of amides is 1. The van der Waals surface area contributed by atoms with Gasteiger partial charge in [0, 0.05) is 28.1 Å². The van der Waals surface area contributed by atoms with E-state index in [1.54, 1.807) is 36.6 Å². The Hall–Kier alpha value is -3.21. The number of aromatic carboxylic acids is 1. The van der Waals surface area contributed by atoms with Crippen molar-refractivity contribution < 1.29 is 28.6 Å². The third-order valence-corrected chi connectivity index (χ3v) is 14.1. The maximum atomic E-state index is 14.0. The molecule has 1 heterocycles. The highest BCUT2D eigenvalue weighted by Gasteiger charge is 2.39. The summed E-state index contributed by atoms with van der Waals surface area (Å²) < 4.78 is 17.5. The monoisotopic (exact) mass is 598 g/mol. The Bertz CT molecular complexity index is 1330. The Balaban J connectivity index is 1.95. The lowest BCUT2D eigenvalue weighted by atomic mass is 10.1. The van der Waals surface area contributed by atoms with Gasteiger partial charge in [0.05, 0.1) is 20.2 Å². The maximum Gasteiger partial charge on any atom is 0.264 e. The number of carbonyl (C=O) groups is 2. The van der Waals surface area contributed by atoms with Crippen LogP contribution in [0.1, 0.15) is 64.2 Å². The zero-order valence-electron chi connectivity index (χ0n) is 25.4. The Morgan fingerprint density at radius 2 is 1.66 bits per heavy atom. The van der Waals surface area contributed by atoms with Crippen LogP contribution in [0.2, 0.25) is 18.1 Å². The molecule has 0 aliphatic rings. The van der Waals surface area contributed by atoms with E-state index in [4.69, 9.17) is 13.9 Å². The van der Waals surface area contributed by atoms with Crippen molar-refractivity contribution >= 4 is 30.7 Å². The van der Waals surface area contributed by atoms with Gasteiger partial charge < -0.3 is 28.7 Å². The number of carboxylic acid groups (broad SMARTS) is 1. The van der Waals surface area contributed by atoms with Crippen molar-refractivity contribution in [2.45, 2.75) is 71.2 Å². The first kappa shape index (κ1) is 32.3. The zero-order valence-corrected chi connectivity index (χ0v) is 27.2. The fraction of sp³-hybridized carbons (Fsp3) is 0.452. The fourth-order valence-corrected chi connectivity index (χ4v) is 7.51. The third kappa shape index (κ3) is 8.18. The highest BCUT2D eigenvalue weighted by molar-refractivity contribution is 7.29. The number of nitrogens with zero attached hydrogens (tertiary/aromatic N) is 2. The van der Waals surface area contributed by atoms with E-state index in [-0.39, 0.29) is 23.2 Å². The molecule has 0 N–H and O–H groups in total. The van der Waals surface area contributed by atoms with E-state index >= 15 is 0 Å². The number of carbonyl (C=O) groups excluding carboxylic acids is 2. The highest BCUT2D eigenvalue weighted by atomic mass is 32.2. The summed E-state index contributed by atoms with van der Waals surface area (Å²) in [4.78, 5) is 31.9. The molecule has 0 aliphatic carbocycles. The normalized spacial score (nSPS) is 12.2. The Morgan fingerprint density at radius 3 is 2.20 bits per heavy atom. The quantitative estimate of drug-likeness (QED) is 0.182. The minimum atomic E-state index is -2.10. The summed E-state index contributed by atoms with van der Waals surface area (Å²) >= 11 is 0. The van der Waals surface area contributed by atoms with Gasteiger partial charge in [-0.1, -0.05) is 51.1 Å². The van der Waals surface area contributed by atoms with E-state index in [2.05, 4.69) is 51.0 Å². The van der Waals surface area contributed by atoms with Crippen molar-refractivity contribution in [1.29, 1.82) is 0 Å². The van der Waals surface area contributed by atoms with Gasteiger partial charge in [0.15, 0.2) is 13.7 Å². The van der Waals surface area contributed by atoms with Crippen LogP contribution in [0.3, 0.4) is 0 Å². The Kier molecular flexibility index (Phi) is 10.7. The van der Waals surface area contributed by atoms with E-state index < -0.39 is 24.8 Å². The Labute approximate surface area is 247 Å². The van der Waals surface area contributed by atoms with Crippen LogP contribution < -0.4 is 14.6 Å². The van der Waals surface area contributed by atoms with Gasteiger partial charge in [-0.15, -0.1) is 0 Å². The number of hydrogen-bond acceptors (Lipinski definition) is 7. The van der Waals surface area contributed by atoms with Crippen molar-refractivity contribution in [1.82, 2.24) is 9.88 Å². The van der Waals surface area contributed by atoms with Crippen LogP contribution >= 0.6 is 10.5 Å². The van der Waals surface area contributed by atoms with Crippen LogP contribution in [0.25, 0.3) is 0 Å². The first-order valence-electron chi connectivity index (χ1n) is 13.7. The average molecular weight is 599 g/mol. The summed E-state index contributed by atoms with van der Waals surface area (Å²) in [6.45, 7) is 13.3. The smallest absolute Gasteiger partial charge is 0.264 e. The van der Waals surface area contributed by atoms with Gasteiger partial charge in [-0.2, -0.15) is 4.98 Å². The molecule has 0 bridgehead atoms. The van der Waals surface area contributed by atoms with Crippen molar-refractivity contribution in [3.63, 3.8) is 0 Å². The van der Waals surface area contributed by atoms with Crippen LogP contribution in [0, 0.1) is 6.92 Å². The van der Waals surface area contributed by atoms with Gasteiger partial charge in [0.1, 0.15) is 23.7 Å². The van der Waals surface area contributed by atoms with Gasteiger partial charge in [0.2, 0.25) is 5.94 Å². The molecule has 0 aliphatic heterocycles. The van der Waals surface area contributed by atoms with Gasteiger partial charge in [-0.05, 0) is 55.6 Å². The molecule has 0 radical (unpaired) electrons. The molecule has 2 aromatic carbocycles. The van der Waals surface area contributed by atoms with Gasteiger partial charge >= 0.3 is 0 Å². The number of aromatic nitrogens is 1. The van der Waals surface area contributed by atoms with Gasteiger partial charge in [0.25, 0.3) is 10.9 Å². The third-order valence-electron chi connectivity index (χ3n) is 7.71. The molecule has 1 atom stereocenters. The summed E-state index contributed by atoms with van der Waals surface area (Å²) in [5.41, 5.74) is 2.29. The van der Waals surface area contributed by atoms with Crippen LogP contribution in [-0.4, -0.2) is 50.8 Å². The molecule has 222 valence electrons. The van der Waals surface area contributed by atoms with E-state index in [0.29, 0.717) is 34.6 Å². The van der Waals surface area contributed by atoms with Crippen LogP contribution in [-0.2, 0) is 23.3 Å². The fourth-order valence-electron chi connectivity index (χ4n) is 4.09. The molecular formula is C31H42N2O6SSi. The number of hydrogen-bond donors (Lipinski definition) is 0. The molecule has 41 heavy (non-hydrogen) atoms. The zero-order chi connectivity index (χ0) is 30.4. The summed E-state index contributed by atoms with van der Waals surface area (Å²) in [7, 11) is 0.305. The molecule has 3 rings (SSSR count). The van der Waals surface area contributed by atoms with Crippen molar-refractivity contribution in [3.8, 4) is 11.5 Å². The minimum absolute atomic E-state index is 0.00270. The first-order valence-corrected chi connectivity index (χ1v) is 18.0. The molecule has 10 heteroatoms. The first-order chi connectivity index (χ1) is 19.3. The molecule has 0 fully saturated rings. The second-order valence-corrected chi connectivity index (χ2v) is 18.2. The lowest BCUT2D eigenvalue weighted by molar-refractivity contribution is -0.255. The molecule has 0 saturated carbocycles. The molecule has 0 spiro atoms. The summed E-state index contributed by atoms with van der Waals surface area (Å²) in [6, 6.07) is 13.5. The van der Waals surface area contributed by atoms with Crippen molar-refractivity contribution in [2.75, 3.05) is 20.8 Å².